The van der Waals surface area contributed by atoms with Crippen molar-refractivity contribution in [2.24, 2.45) is 5.41 Å². The van der Waals surface area contributed by atoms with Crippen LogP contribution in [0.1, 0.15) is 59.4 Å². The molecule has 0 unspecified atom stereocenters. The minimum atomic E-state index is -4.02. The molecule has 1 amide bonds. The van der Waals surface area contributed by atoms with Crippen molar-refractivity contribution in [1.82, 2.24) is 9.71 Å². The van der Waals surface area contributed by atoms with Gasteiger partial charge in [-0.2, -0.15) is 8.42 Å². The molecule has 5 rings (SSSR count). The average Bonchev–Trinajstić information content (AvgIpc) is 3.64. The molecule has 1 saturated heterocycles. The van der Waals surface area contributed by atoms with E-state index in [1.165, 1.54) is 23.4 Å². The number of amides is 1. The fourth-order valence-electron chi connectivity index (χ4n) is 5.26. The number of benzene rings is 2. The number of aromatic nitrogens is 1. The van der Waals surface area contributed by atoms with E-state index in [2.05, 4.69) is 4.98 Å². The molecule has 2 aliphatic rings. The summed E-state index contributed by atoms with van der Waals surface area (Å²) in [7, 11) is -7.94. The number of anilines is 1. The number of rotatable bonds is 14. The van der Waals surface area contributed by atoms with E-state index in [9.17, 15) is 26.4 Å². The van der Waals surface area contributed by atoms with Crippen molar-refractivity contribution in [2.75, 3.05) is 36.4 Å². The molecule has 0 saturated carbocycles. The van der Waals surface area contributed by atoms with Gasteiger partial charge < -0.3 is 14.2 Å². The zero-order valence-corrected chi connectivity index (χ0v) is 28.4. The summed E-state index contributed by atoms with van der Waals surface area (Å²) >= 11 is 1.08. The van der Waals surface area contributed by atoms with Crippen LogP contribution in [-0.2, 0) is 53.8 Å². The number of aryl methyl sites for hydroxylation is 3. The highest BCUT2D eigenvalue weighted by Crippen LogP contribution is 2.41. The van der Waals surface area contributed by atoms with Gasteiger partial charge in [0.05, 0.1) is 31.3 Å². The van der Waals surface area contributed by atoms with Crippen LogP contribution in [0.15, 0.2) is 46.1 Å². The Bertz CT molecular complexity index is 1820. The lowest BCUT2D eigenvalue weighted by molar-refractivity contribution is -0.140. The Morgan fingerprint density at radius 2 is 1.78 bits per heavy atom. The molecule has 0 spiro atoms. The van der Waals surface area contributed by atoms with Crippen LogP contribution in [0.3, 0.4) is 0 Å². The van der Waals surface area contributed by atoms with Crippen LogP contribution < -0.4 is 13.8 Å². The Morgan fingerprint density at radius 3 is 2.39 bits per heavy atom. The molecule has 12 nitrogen and oxygen atoms in total. The highest BCUT2D eigenvalue weighted by atomic mass is 32.2. The average molecular weight is 692 g/mol. The molecular formula is C31H37N3O9S3. The minimum absolute atomic E-state index is 0.0144. The summed E-state index contributed by atoms with van der Waals surface area (Å²) in [6.07, 6.45) is 2.73. The van der Waals surface area contributed by atoms with Gasteiger partial charge >= 0.3 is 5.97 Å². The van der Waals surface area contributed by atoms with Crippen LogP contribution in [0.5, 0.6) is 5.75 Å². The molecule has 2 heterocycles. The highest BCUT2D eigenvalue weighted by Gasteiger charge is 2.41. The topological polar surface area (TPSA) is 158 Å². The molecular weight excluding hydrogens is 655 g/mol. The number of thiazole rings is 1. The number of nitrogens with zero attached hydrogens (tertiary/aromatic N) is 2. The van der Waals surface area contributed by atoms with Crippen molar-refractivity contribution in [3.05, 3.63) is 69.7 Å². The summed E-state index contributed by atoms with van der Waals surface area (Å²) in [5.41, 5.74) is 3.72. The number of hydrogen-bond donors (Lipinski definition) is 1. The Kier molecular flexibility index (Phi) is 10.1. The van der Waals surface area contributed by atoms with Gasteiger partial charge in [0.15, 0.2) is 0 Å². The highest BCUT2D eigenvalue weighted by molar-refractivity contribution is 7.94. The summed E-state index contributed by atoms with van der Waals surface area (Å²) in [4.78, 5) is 27.7. The number of carbonyl (C=O) groups is 2. The standard InChI is InChI=1S/C31H37N3O9S3/c1-21-17-44-30(32-21)46(39,40)34(18-31(3)19-41-20-31)27-14-25-6-4-7-26(25)15-28(27)43-16-23-8-10-24(11-9-23)29(36)33-45(37,38)13-5-12-42-22(2)35/h8-11,14-15,17H,4-7,12-13,16,18-20H2,1-3H3,(H,33,36). The molecule has 0 radical (unpaired) electrons. The SMILES string of the molecule is CC(=O)OCCCS(=O)(=O)NC(=O)c1ccc(COc2cc3c(cc2N(CC2(C)COC2)S(=O)(=O)c2nc(C)cs2)CCC3)cc1. The van der Waals surface area contributed by atoms with Gasteiger partial charge in [0.1, 0.15) is 12.4 Å². The number of nitrogens with one attached hydrogen (secondary N) is 1. The summed E-state index contributed by atoms with van der Waals surface area (Å²) in [5, 5.41) is 1.71. The third-order valence-corrected chi connectivity index (χ3v) is 12.1. The van der Waals surface area contributed by atoms with Gasteiger partial charge in [-0.05, 0) is 73.6 Å². The van der Waals surface area contributed by atoms with Gasteiger partial charge in [-0.1, -0.05) is 19.1 Å². The largest absolute Gasteiger partial charge is 0.487 e. The van der Waals surface area contributed by atoms with Gasteiger partial charge in [-0.3, -0.25) is 13.9 Å². The maximum atomic E-state index is 14.1. The molecule has 46 heavy (non-hydrogen) atoms. The molecule has 3 aromatic rings. The first-order valence-corrected chi connectivity index (χ1v) is 18.8. The molecule has 0 atom stereocenters. The lowest BCUT2D eigenvalue weighted by Crippen LogP contribution is -2.50. The van der Waals surface area contributed by atoms with E-state index < -0.39 is 31.9 Å². The lowest BCUT2D eigenvalue weighted by atomic mass is 9.88. The van der Waals surface area contributed by atoms with Gasteiger partial charge in [0.2, 0.25) is 14.4 Å². The van der Waals surface area contributed by atoms with Crippen molar-refractivity contribution in [3.8, 4) is 5.75 Å². The maximum Gasteiger partial charge on any atom is 0.302 e. The van der Waals surface area contributed by atoms with Gasteiger partial charge in [0, 0.05) is 35.5 Å². The van der Waals surface area contributed by atoms with Crippen LogP contribution >= 0.6 is 11.3 Å². The monoisotopic (exact) mass is 691 g/mol. The van der Waals surface area contributed by atoms with E-state index in [0.29, 0.717) is 35.9 Å². The van der Waals surface area contributed by atoms with E-state index in [0.717, 1.165) is 41.7 Å². The molecule has 0 bridgehead atoms. The summed E-state index contributed by atoms with van der Waals surface area (Å²) in [6.45, 7) is 6.06. The first-order valence-electron chi connectivity index (χ1n) is 14.8. The second kappa shape index (κ2) is 13.7. The summed E-state index contributed by atoms with van der Waals surface area (Å²) in [6, 6.07) is 10.1. The minimum Gasteiger partial charge on any atom is -0.487 e. The second-order valence-electron chi connectivity index (χ2n) is 11.9. The van der Waals surface area contributed by atoms with Crippen molar-refractivity contribution >= 4 is 48.9 Å². The number of fused-ring (bicyclic) bond motifs is 1. The van der Waals surface area contributed by atoms with Crippen molar-refractivity contribution < 1.29 is 40.6 Å². The van der Waals surface area contributed by atoms with Gasteiger partial charge in [0.25, 0.3) is 15.9 Å². The van der Waals surface area contributed by atoms with Crippen molar-refractivity contribution in [2.45, 2.75) is 57.4 Å². The molecule has 1 aliphatic heterocycles. The molecule has 1 N–H and O–H groups in total. The first-order chi connectivity index (χ1) is 21.7. The first kappa shape index (κ1) is 33.8. The predicted octanol–water partition coefficient (Wildman–Crippen LogP) is 3.76. The van der Waals surface area contributed by atoms with E-state index in [-0.39, 0.29) is 47.3 Å². The van der Waals surface area contributed by atoms with E-state index in [1.54, 1.807) is 24.4 Å². The fourth-order valence-corrected chi connectivity index (χ4v) is 9.01. The zero-order valence-electron chi connectivity index (χ0n) is 25.9. The van der Waals surface area contributed by atoms with Crippen LogP contribution in [-0.4, -0.2) is 65.8 Å². The van der Waals surface area contributed by atoms with Gasteiger partial charge in [-0.15, -0.1) is 11.3 Å². The number of esters is 1. The Balaban J connectivity index is 1.34. The number of hydrogen-bond acceptors (Lipinski definition) is 11. The number of sulfonamides is 2. The van der Waals surface area contributed by atoms with Crippen molar-refractivity contribution in [3.63, 3.8) is 0 Å². The van der Waals surface area contributed by atoms with Crippen LogP contribution in [0.25, 0.3) is 0 Å². The third-order valence-electron chi connectivity index (χ3n) is 7.70. The second-order valence-corrected chi connectivity index (χ2v) is 16.7. The summed E-state index contributed by atoms with van der Waals surface area (Å²) < 4.78 is 72.6. The van der Waals surface area contributed by atoms with E-state index >= 15 is 0 Å². The molecule has 1 aliphatic carbocycles. The quantitative estimate of drug-likeness (QED) is 0.195. The number of ether oxygens (including phenoxy) is 3. The normalized spacial score (nSPS) is 15.5. The Morgan fingerprint density at radius 1 is 1.09 bits per heavy atom. The van der Waals surface area contributed by atoms with Crippen LogP contribution in [0.2, 0.25) is 0 Å². The molecule has 1 aromatic heterocycles. The molecule has 1 fully saturated rings. The number of carbonyl (C=O) groups excluding carboxylic acids is 2. The van der Waals surface area contributed by atoms with Crippen molar-refractivity contribution in [1.29, 1.82) is 0 Å². The lowest BCUT2D eigenvalue weighted by Gasteiger charge is -2.42. The fraction of sp³-hybridized carbons (Fsp3) is 0.452. The molecule has 2 aromatic carbocycles. The molecule has 248 valence electrons. The van der Waals surface area contributed by atoms with E-state index in [1.807, 2.05) is 23.8 Å². The summed E-state index contributed by atoms with van der Waals surface area (Å²) in [5.74, 6) is -1.25. The third kappa shape index (κ3) is 8.06. The van der Waals surface area contributed by atoms with Crippen LogP contribution in [0.4, 0.5) is 5.69 Å². The van der Waals surface area contributed by atoms with E-state index in [4.69, 9.17) is 14.2 Å². The molecule has 15 heteroatoms. The maximum absolute atomic E-state index is 14.1. The van der Waals surface area contributed by atoms with Crippen LogP contribution in [0, 0.1) is 12.3 Å². The predicted molar refractivity (Wildman–Crippen MR) is 172 cm³/mol. The Hall–Kier alpha value is -3.53. The zero-order chi connectivity index (χ0) is 33.1. The smallest absolute Gasteiger partial charge is 0.302 e. The van der Waals surface area contributed by atoms with Gasteiger partial charge in [-0.25, -0.2) is 18.1 Å². The Labute approximate surface area is 273 Å².